The average molecular weight is 183 g/mol. The number of ether oxygens (including phenoxy) is 1. The second kappa shape index (κ2) is 4.30. The van der Waals surface area contributed by atoms with Crippen LogP contribution < -0.4 is 5.32 Å². The number of esters is 1. The first kappa shape index (κ1) is 9.31. The van der Waals surface area contributed by atoms with Crippen LogP contribution in [0, 0.1) is 0 Å². The van der Waals surface area contributed by atoms with Gasteiger partial charge in [-0.3, -0.25) is 4.79 Å². The molecule has 0 saturated heterocycles. The molecule has 0 spiro atoms. The number of furan rings is 1. The summed E-state index contributed by atoms with van der Waals surface area (Å²) in [6.45, 7) is 0.264. The number of methoxy groups -OCH3 is 1. The van der Waals surface area contributed by atoms with Crippen LogP contribution in [0.1, 0.15) is 16.3 Å². The van der Waals surface area contributed by atoms with Gasteiger partial charge in [0, 0.05) is 0 Å². The summed E-state index contributed by atoms with van der Waals surface area (Å²) in [5, 5.41) is 2.41. The average Bonchev–Trinajstić information content (AvgIpc) is 2.62. The fourth-order valence-corrected chi connectivity index (χ4v) is 0.825. The van der Waals surface area contributed by atoms with E-state index in [0.717, 1.165) is 0 Å². The van der Waals surface area contributed by atoms with Gasteiger partial charge in [0.25, 0.3) is 0 Å². The van der Waals surface area contributed by atoms with Crippen LogP contribution >= 0.6 is 0 Å². The van der Waals surface area contributed by atoms with Gasteiger partial charge in [-0.25, -0.2) is 4.79 Å². The summed E-state index contributed by atoms with van der Waals surface area (Å²) < 4.78 is 9.47. The van der Waals surface area contributed by atoms with E-state index >= 15 is 0 Å². The molecule has 1 heterocycles. The van der Waals surface area contributed by atoms with Gasteiger partial charge in [-0.15, -0.1) is 0 Å². The van der Waals surface area contributed by atoms with Crippen molar-refractivity contribution in [1.29, 1.82) is 0 Å². The van der Waals surface area contributed by atoms with Crippen molar-refractivity contribution in [3.05, 3.63) is 23.7 Å². The van der Waals surface area contributed by atoms with Gasteiger partial charge in [0.1, 0.15) is 5.76 Å². The van der Waals surface area contributed by atoms with E-state index in [1.807, 2.05) is 0 Å². The molecule has 1 aromatic rings. The van der Waals surface area contributed by atoms with Crippen LogP contribution in [0.3, 0.4) is 0 Å². The molecule has 0 radical (unpaired) electrons. The molecule has 0 fully saturated rings. The van der Waals surface area contributed by atoms with Crippen LogP contribution in [0.4, 0.5) is 0 Å². The summed E-state index contributed by atoms with van der Waals surface area (Å²) >= 11 is 0. The summed E-state index contributed by atoms with van der Waals surface area (Å²) in [7, 11) is 1.27. The molecular formula is C8H9NO4. The topological polar surface area (TPSA) is 68.5 Å². The minimum atomic E-state index is -0.530. The summed E-state index contributed by atoms with van der Waals surface area (Å²) in [6, 6.07) is 3.09. The summed E-state index contributed by atoms with van der Waals surface area (Å²) in [5.41, 5.74) is 0. The molecule has 0 aromatic carbocycles. The third kappa shape index (κ3) is 2.33. The number of carbonyl (C=O) groups is 2. The quantitative estimate of drug-likeness (QED) is 0.538. The van der Waals surface area contributed by atoms with E-state index in [4.69, 9.17) is 4.42 Å². The Morgan fingerprint density at radius 2 is 2.46 bits per heavy atom. The lowest BCUT2D eigenvalue weighted by Gasteiger charge is -1.94. The first-order chi connectivity index (χ1) is 6.27. The monoisotopic (exact) mass is 183 g/mol. The van der Waals surface area contributed by atoms with Crippen LogP contribution in [0.2, 0.25) is 0 Å². The second-order valence-electron chi connectivity index (χ2n) is 2.26. The van der Waals surface area contributed by atoms with Gasteiger partial charge in [0.15, 0.2) is 0 Å². The van der Waals surface area contributed by atoms with Gasteiger partial charge in [-0.05, 0) is 12.1 Å². The predicted octanol–water partition coefficient (Wildman–Crippen LogP) is 0.312. The van der Waals surface area contributed by atoms with Crippen LogP contribution in [-0.4, -0.2) is 19.5 Å². The van der Waals surface area contributed by atoms with Crippen LogP contribution in [0.15, 0.2) is 16.5 Å². The van der Waals surface area contributed by atoms with E-state index in [-0.39, 0.29) is 12.3 Å². The molecule has 1 amide bonds. The number of hydrogen-bond acceptors (Lipinski definition) is 4. The highest BCUT2D eigenvalue weighted by atomic mass is 16.5. The van der Waals surface area contributed by atoms with Crippen molar-refractivity contribution >= 4 is 12.4 Å². The predicted molar refractivity (Wildman–Crippen MR) is 43.0 cm³/mol. The smallest absolute Gasteiger partial charge is 0.373 e. The van der Waals surface area contributed by atoms with E-state index < -0.39 is 5.97 Å². The molecule has 5 nitrogen and oxygen atoms in total. The molecule has 70 valence electrons. The molecule has 1 rings (SSSR count). The Hall–Kier alpha value is -1.78. The van der Waals surface area contributed by atoms with Crippen molar-refractivity contribution in [1.82, 2.24) is 5.32 Å². The fourth-order valence-electron chi connectivity index (χ4n) is 0.825. The normalized spacial score (nSPS) is 9.31. The molecule has 0 aliphatic heterocycles. The highest BCUT2D eigenvalue weighted by Crippen LogP contribution is 2.08. The summed E-state index contributed by atoms with van der Waals surface area (Å²) in [6.07, 6.45) is 0.556. The molecule has 0 aliphatic carbocycles. The zero-order valence-electron chi connectivity index (χ0n) is 7.07. The molecule has 0 saturated carbocycles. The molecule has 5 heteroatoms. The van der Waals surface area contributed by atoms with Gasteiger partial charge >= 0.3 is 5.97 Å². The maximum absolute atomic E-state index is 10.9. The van der Waals surface area contributed by atoms with E-state index in [9.17, 15) is 9.59 Å². The molecule has 13 heavy (non-hydrogen) atoms. The van der Waals surface area contributed by atoms with Gasteiger partial charge < -0.3 is 14.5 Å². The number of amides is 1. The first-order valence-corrected chi connectivity index (χ1v) is 3.62. The van der Waals surface area contributed by atoms with Crippen molar-refractivity contribution in [2.24, 2.45) is 0 Å². The largest absolute Gasteiger partial charge is 0.463 e. The minimum Gasteiger partial charge on any atom is -0.463 e. The van der Waals surface area contributed by atoms with Gasteiger partial charge in [0.05, 0.1) is 13.7 Å². The van der Waals surface area contributed by atoms with Crippen molar-refractivity contribution in [2.75, 3.05) is 7.11 Å². The minimum absolute atomic E-state index is 0.130. The molecule has 1 aromatic heterocycles. The molecule has 0 atom stereocenters. The third-order valence-corrected chi connectivity index (χ3v) is 1.41. The standard InChI is InChI=1S/C8H9NO4/c1-12-8(11)7-3-2-6(13-7)4-9-5-10/h2-3,5H,4H2,1H3,(H,9,10). The fraction of sp³-hybridized carbons (Fsp3) is 0.250. The van der Waals surface area contributed by atoms with Crippen molar-refractivity contribution in [3.8, 4) is 0 Å². The molecular weight excluding hydrogens is 174 g/mol. The van der Waals surface area contributed by atoms with E-state index in [0.29, 0.717) is 12.2 Å². The second-order valence-corrected chi connectivity index (χ2v) is 2.26. The maximum Gasteiger partial charge on any atom is 0.373 e. The summed E-state index contributed by atoms with van der Waals surface area (Å²) in [4.78, 5) is 20.8. The van der Waals surface area contributed by atoms with Crippen LogP contribution in [0.5, 0.6) is 0 Å². The lowest BCUT2D eigenvalue weighted by molar-refractivity contribution is -0.109. The highest BCUT2D eigenvalue weighted by molar-refractivity contribution is 5.86. The molecule has 0 unspecified atom stereocenters. The zero-order chi connectivity index (χ0) is 9.68. The Morgan fingerprint density at radius 3 is 3.08 bits per heavy atom. The highest BCUT2D eigenvalue weighted by Gasteiger charge is 2.10. The van der Waals surface area contributed by atoms with E-state index in [1.165, 1.54) is 13.2 Å². The SMILES string of the molecule is COC(=O)c1ccc(CNC=O)o1. The lowest BCUT2D eigenvalue weighted by atomic mass is 10.4. The lowest BCUT2D eigenvalue weighted by Crippen LogP contribution is -2.08. The third-order valence-electron chi connectivity index (χ3n) is 1.41. The Bertz CT molecular complexity index is 305. The van der Waals surface area contributed by atoms with E-state index in [2.05, 4.69) is 10.1 Å². The van der Waals surface area contributed by atoms with Gasteiger partial charge in [0.2, 0.25) is 12.2 Å². The number of carbonyl (C=O) groups excluding carboxylic acids is 2. The Labute approximate surface area is 74.7 Å². The van der Waals surface area contributed by atoms with Gasteiger partial charge in [-0.2, -0.15) is 0 Å². The van der Waals surface area contributed by atoms with Crippen LogP contribution in [-0.2, 0) is 16.1 Å². The van der Waals surface area contributed by atoms with Crippen molar-refractivity contribution in [3.63, 3.8) is 0 Å². The van der Waals surface area contributed by atoms with Crippen molar-refractivity contribution in [2.45, 2.75) is 6.54 Å². The Balaban J connectivity index is 2.63. The molecule has 0 aliphatic rings. The van der Waals surface area contributed by atoms with E-state index in [1.54, 1.807) is 6.07 Å². The first-order valence-electron chi connectivity index (χ1n) is 3.62. The summed E-state index contributed by atoms with van der Waals surface area (Å²) in [5.74, 6) is 0.107. The number of hydrogen-bond donors (Lipinski definition) is 1. The van der Waals surface area contributed by atoms with Crippen LogP contribution in [0.25, 0.3) is 0 Å². The Morgan fingerprint density at radius 1 is 1.69 bits per heavy atom. The Kier molecular flexibility index (Phi) is 3.08. The molecule has 1 N–H and O–H groups in total. The number of rotatable bonds is 4. The van der Waals surface area contributed by atoms with Gasteiger partial charge in [-0.1, -0.05) is 0 Å². The van der Waals surface area contributed by atoms with Crippen molar-refractivity contribution < 1.29 is 18.7 Å². The number of nitrogens with one attached hydrogen (secondary N) is 1. The zero-order valence-corrected chi connectivity index (χ0v) is 7.07. The molecule has 0 bridgehead atoms. The maximum atomic E-state index is 10.9.